The lowest BCUT2D eigenvalue weighted by atomic mass is 9.83. The van der Waals surface area contributed by atoms with Crippen LogP contribution in [-0.2, 0) is 11.8 Å². The Morgan fingerprint density at radius 3 is 2.65 bits per heavy atom. The van der Waals surface area contributed by atoms with Crippen molar-refractivity contribution in [1.29, 1.82) is 0 Å². The first-order valence-corrected chi connectivity index (χ1v) is 8.61. The molecule has 2 heterocycles. The molecule has 1 saturated heterocycles. The number of hydrogen-bond donors (Lipinski definition) is 0. The minimum absolute atomic E-state index is 0.355. The van der Waals surface area contributed by atoms with E-state index in [1.54, 1.807) is 0 Å². The predicted octanol–water partition coefficient (Wildman–Crippen LogP) is 2.55. The van der Waals surface area contributed by atoms with Crippen LogP contribution in [-0.4, -0.2) is 39.2 Å². The van der Waals surface area contributed by atoms with E-state index in [0.29, 0.717) is 11.8 Å². The fourth-order valence-corrected chi connectivity index (χ4v) is 4.03. The van der Waals surface area contributed by atoms with E-state index in [-0.39, 0.29) is 0 Å². The van der Waals surface area contributed by atoms with Crippen LogP contribution in [0.1, 0.15) is 32.1 Å². The number of amides is 1. The molecule has 3 rings (SSSR count). The third-order valence-electron chi connectivity index (χ3n) is 4.61. The summed E-state index contributed by atoms with van der Waals surface area (Å²) in [6.07, 6.45) is 9.62. The summed E-state index contributed by atoms with van der Waals surface area (Å²) in [4.78, 5) is 18.6. The van der Waals surface area contributed by atoms with Gasteiger partial charge in [-0.05, 0) is 31.6 Å². The van der Waals surface area contributed by atoms with Gasteiger partial charge < -0.3 is 9.47 Å². The van der Waals surface area contributed by atoms with Gasteiger partial charge in [0, 0.05) is 44.2 Å². The van der Waals surface area contributed by atoms with Gasteiger partial charge in [-0.25, -0.2) is 4.98 Å². The minimum atomic E-state index is 0.355. The highest BCUT2D eigenvalue weighted by Crippen LogP contribution is 2.31. The van der Waals surface area contributed by atoms with Gasteiger partial charge in [-0.15, -0.1) is 0 Å². The van der Waals surface area contributed by atoms with Gasteiger partial charge in [-0.2, -0.15) is 0 Å². The quantitative estimate of drug-likeness (QED) is 0.801. The highest BCUT2D eigenvalue weighted by Gasteiger charge is 2.31. The minimum Gasteiger partial charge on any atom is -0.342 e. The fourth-order valence-electron chi connectivity index (χ4n) is 2.92. The summed E-state index contributed by atoms with van der Waals surface area (Å²) < 4.78 is 2.07. The van der Waals surface area contributed by atoms with Gasteiger partial charge in [0.15, 0.2) is 5.16 Å². The van der Waals surface area contributed by atoms with Crippen molar-refractivity contribution in [2.24, 2.45) is 18.9 Å². The summed E-state index contributed by atoms with van der Waals surface area (Å²) in [5.41, 5.74) is 0. The van der Waals surface area contributed by atoms with Crippen LogP contribution in [0.4, 0.5) is 0 Å². The third kappa shape index (κ3) is 3.03. The van der Waals surface area contributed by atoms with Crippen LogP contribution in [0.5, 0.6) is 0 Å². The highest BCUT2D eigenvalue weighted by molar-refractivity contribution is 7.99. The van der Waals surface area contributed by atoms with Gasteiger partial charge in [0.25, 0.3) is 0 Å². The zero-order valence-electron chi connectivity index (χ0n) is 12.1. The van der Waals surface area contributed by atoms with Crippen molar-refractivity contribution in [3.8, 4) is 0 Å². The molecule has 1 aromatic rings. The first-order valence-electron chi connectivity index (χ1n) is 7.63. The summed E-state index contributed by atoms with van der Waals surface area (Å²) in [6, 6.07) is 0. The maximum atomic E-state index is 12.2. The number of rotatable bonds is 4. The van der Waals surface area contributed by atoms with E-state index in [1.165, 1.54) is 6.42 Å². The molecule has 0 bridgehead atoms. The monoisotopic (exact) mass is 293 g/mol. The molecule has 0 N–H and O–H groups in total. The van der Waals surface area contributed by atoms with Gasteiger partial charge in [0.2, 0.25) is 5.91 Å². The molecule has 1 saturated carbocycles. The summed E-state index contributed by atoms with van der Waals surface area (Å²) >= 11 is 1.84. The fraction of sp³-hybridized carbons (Fsp3) is 0.733. The molecule has 0 atom stereocenters. The lowest BCUT2D eigenvalue weighted by molar-refractivity contribution is -0.139. The summed E-state index contributed by atoms with van der Waals surface area (Å²) in [6.45, 7) is 1.92. The number of imidazole rings is 1. The Bertz CT molecular complexity index is 461. The second-order valence-corrected chi connectivity index (χ2v) is 7.02. The molecule has 2 fully saturated rings. The molecular formula is C15H23N3OS. The van der Waals surface area contributed by atoms with E-state index in [2.05, 4.69) is 14.5 Å². The lowest BCUT2D eigenvalue weighted by Gasteiger charge is -2.36. The molecule has 1 aliphatic heterocycles. The average Bonchev–Trinajstić information content (AvgIpc) is 2.80. The molecule has 110 valence electrons. The van der Waals surface area contributed by atoms with Crippen LogP contribution in [0.15, 0.2) is 17.6 Å². The molecule has 1 aromatic heterocycles. The number of piperidine rings is 1. The summed E-state index contributed by atoms with van der Waals surface area (Å²) in [5, 5.41) is 1.10. The van der Waals surface area contributed by atoms with E-state index in [0.717, 1.165) is 55.6 Å². The Balaban J connectivity index is 1.42. The molecule has 0 radical (unpaired) electrons. The molecule has 1 aliphatic carbocycles. The smallest absolute Gasteiger partial charge is 0.225 e. The number of nitrogens with zero attached hydrogens (tertiary/aromatic N) is 3. The normalized spacial score (nSPS) is 20.9. The maximum absolute atomic E-state index is 12.2. The highest BCUT2D eigenvalue weighted by atomic mass is 32.2. The van der Waals surface area contributed by atoms with Gasteiger partial charge >= 0.3 is 0 Å². The van der Waals surface area contributed by atoms with Crippen LogP contribution < -0.4 is 0 Å². The number of thioether (sulfide) groups is 1. The van der Waals surface area contributed by atoms with Crippen LogP contribution in [0.3, 0.4) is 0 Å². The van der Waals surface area contributed by atoms with Crippen molar-refractivity contribution in [3.05, 3.63) is 12.4 Å². The summed E-state index contributed by atoms with van der Waals surface area (Å²) in [7, 11) is 2.04. The van der Waals surface area contributed by atoms with Crippen molar-refractivity contribution in [1.82, 2.24) is 14.5 Å². The van der Waals surface area contributed by atoms with Crippen LogP contribution in [0.25, 0.3) is 0 Å². The Hall–Kier alpha value is -0.970. The molecule has 4 nitrogen and oxygen atoms in total. The molecule has 0 spiro atoms. The van der Waals surface area contributed by atoms with Crippen LogP contribution in [0.2, 0.25) is 0 Å². The standard InChI is InChI=1S/C15H23N3OS/c1-17-10-7-16-15(17)20-11-12-5-8-18(9-6-12)14(19)13-3-2-4-13/h7,10,12-13H,2-6,8-9,11H2,1H3. The molecule has 2 aliphatic rings. The Morgan fingerprint density at radius 1 is 1.35 bits per heavy atom. The van der Waals surface area contributed by atoms with E-state index < -0.39 is 0 Å². The second-order valence-electron chi connectivity index (χ2n) is 6.03. The van der Waals surface area contributed by atoms with Gasteiger partial charge in [-0.3, -0.25) is 4.79 Å². The number of carbonyl (C=O) groups excluding carboxylic acids is 1. The number of hydrogen-bond acceptors (Lipinski definition) is 3. The van der Waals surface area contributed by atoms with E-state index in [9.17, 15) is 4.79 Å². The van der Waals surface area contributed by atoms with E-state index in [4.69, 9.17) is 0 Å². The number of likely N-dealkylation sites (tertiary alicyclic amines) is 1. The Kier molecular flexibility index (Phi) is 4.34. The third-order valence-corrected chi connectivity index (χ3v) is 5.90. The molecule has 20 heavy (non-hydrogen) atoms. The molecular weight excluding hydrogens is 270 g/mol. The van der Waals surface area contributed by atoms with E-state index in [1.807, 2.05) is 31.2 Å². The van der Waals surface area contributed by atoms with Crippen molar-refractivity contribution < 1.29 is 4.79 Å². The van der Waals surface area contributed by atoms with Crippen LogP contribution in [0, 0.1) is 11.8 Å². The summed E-state index contributed by atoms with van der Waals surface area (Å²) in [5.74, 6) is 2.62. The maximum Gasteiger partial charge on any atom is 0.225 e. The van der Waals surface area contributed by atoms with Crippen molar-refractivity contribution in [3.63, 3.8) is 0 Å². The molecule has 0 aromatic carbocycles. The number of aromatic nitrogens is 2. The zero-order valence-corrected chi connectivity index (χ0v) is 12.9. The van der Waals surface area contributed by atoms with Gasteiger partial charge in [0.05, 0.1) is 0 Å². The SMILES string of the molecule is Cn1ccnc1SCC1CCN(C(=O)C2CCC2)CC1. The van der Waals surface area contributed by atoms with E-state index >= 15 is 0 Å². The van der Waals surface area contributed by atoms with Crippen molar-refractivity contribution in [2.75, 3.05) is 18.8 Å². The second kappa shape index (κ2) is 6.20. The van der Waals surface area contributed by atoms with Gasteiger partial charge in [0.1, 0.15) is 0 Å². The van der Waals surface area contributed by atoms with Crippen molar-refractivity contribution in [2.45, 2.75) is 37.3 Å². The molecule has 0 unspecified atom stereocenters. The van der Waals surface area contributed by atoms with Gasteiger partial charge in [-0.1, -0.05) is 18.2 Å². The van der Waals surface area contributed by atoms with Crippen LogP contribution >= 0.6 is 11.8 Å². The number of carbonyl (C=O) groups is 1. The first kappa shape index (κ1) is 14.0. The first-order chi connectivity index (χ1) is 9.74. The largest absolute Gasteiger partial charge is 0.342 e. The zero-order chi connectivity index (χ0) is 13.9. The number of aryl methyl sites for hydroxylation is 1. The molecule has 5 heteroatoms. The Morgan fingerprint density at radius 2 is 2.10 bits per heavy atom. The predicted molar refractivity (Wildman–Crippen MR) is 80.6 cm³/mol. The van der Waals surface area contributed by atoms with Crippen molar-refractivity contribution >= 4 is 17.7 Å². The average molecular weight is 293 g/mol. The lowest BCUT2D eigenvalue weighted by Crippen LogP contribution is -2.43. The molecule has 1 amide bonds. The topological polar surface area (TPSA) is 38.1 Å². The Labute approximate surface area is 124 Å².